The number of nitrogens with zero attached hydrogens (tertiary/aromatic N) is 2. The van der Waals surface area contributed by atoms with Crippen LogP contribution in [0, 0.1) is 0 Å². The predicted octanol–water partition coefficient (Wildman–Crippen LogP) is 5.67. The standard InChI is InChI=1S/C28H29N3O3S2/c1-18(24(32)29-20-12-8-5-9-13-20)35-27-30-25-23(21-16-28(2,3)34-17-22(21)36-25)26(33)31(27)15-14-19-10-6-4-7-11-19/h4-13,18H,14-17H2,1-3H3,(H,29,32)/t18-/m1/s1. The summed E-state index contributed by atoms with van der Waals surface area (Å²) < 4.78 is 7.75. The summed E-state index contributed by atoms with van der Waals surface area (Å²) in [5, 5.41) is 3.78. The van der Waals surface area contributed by atoms with Crippen LogP contribution in [0.1, 0.15) is 36.8 Å². The first kappa shape index (κ1) is 24.7. The molecule has 36 heavy (non-hydrogen) atoms. The third-order valence-electron chi connectivity index (χ3n) is 6.32. The van der Waals surface area contributed by atoms with Crippen LogP contribution in [0.25, 0.3) is 10.2 Å². The minimum absolute atomic E-state index is 0.0377. The quantitative estimate of drug-likeness (QED) is 0.252. The number of carbonyl (C=O) groups excluding carboxylic acids is 1. The molecule has 0 fully saturated rings. The van der Waals surface area contributed by atoms with E-state index in [0.29, 0.717) is 36.5 Å². The summed E-state index contributed by atoms with van der Waals surface area (Å²) in [5.74, 6) is -0.129. The number of thiophene rings is 1. The zero-order valence-electron chi connectivity index (χ0n) is 20.6. The monoisotopic (exact) mass is 519 g/mol. The fourth-order valence-electron chi connectivity index (χ4n) is 4.36. The van der Waals surface area contributed by atoms with E-state index < -0.39 is 5.25 Å². The van der Waals surface area contributed by atoms with E-state index in [1.54, 1.807) is 4.57 Å². The van der Waals surface area contributed by atoms with Gasteiger partial charge in [-0.1, -0.05) is 60.3 Å². The van der Waals surface area contributed by atoms with Crippen LogP contribution < -0.4 is 10.9 Å². The van der Waals surface area contributed by atoms with Crippen LogP contribution in [-0.2, 0) is 35.5 Å². The molecule has 0 spiro atoms. The Bertz CT molecular complexity index is 1450. The van der Waals surface area contributed by atoms with E-state index >= 15 is 0 Å². The SMILES string of the molecule is C[C@@H](Sc1nc2sc3c(c2c(=O)n1CCc1ccccc1)CC(C)(C)OC3)C(=O)Nc1ccccc1. The first-order valence-electron chi connectivity index (χ1n) is 12.1. The molecule has 0 saturated carbocycles. The number of ether oxygens (including phenoxy) is 1. The maximum absolute atomic E-state index is 13.9. The number of benzene rings is 2. The van der Waals surface area contributed by atoms with Gasteiger partial charge in [-0.3, -0.25) is 14.2 Å². The highest BCUT2D eigenvalue weighted by molar-refractivity contribution is 8.00. The second-order valence-corrected chi connectivity index (χ2v) is 12.0. The van der Waals surface area contributed by atoms with Crippen molar-refractivity contribution in [3.8, 4) is 0 Å². The number of carbonyl (C=O) groups is 1. The van der Waals surface area contributed by atoms with E-state index in [-0.39, 0.29) is 17.1 Å². The van der Waals surface area contributed by atoms with Gasteiger partial charge >= 0.3 is 0 Å². The average Bonchev–Trinajstić information content (AvgIpc) is 3.21. The van der Waals surface area contributed by atoms with Gasteiger partial charge in [-0.05, 0) is 50.5 Å². The van der Waals surface area contributed by atoms with Crippen molar-refractivity contribution in [2.24, 2.45) is 0 Å². The van der Waals surface area contributed by atoms with E-state index in [1.165, 1.54) is 23.1 Å². The molecule has 0 saturated heterocycles. The highest BCUT2D eigenvalue weighted by atomic mass is 32.2. The Balaban J connectivity index is 1.50. The van der Waals surface area contributed by atoms with Gasteiger partial charge in [0.1, 0.15) is 4.83 Å². The number of fused-ring (bicyclic) bond motifs is 3. The molecule has 2 aromatic heterocycles. The van der Waals surface area contributed by atoms with E-state index in [1.807, 2.05) is 55.5 Å². The molecular weight excluding hydrogens is 490 g/mol. The lowest BCUT2D eigenvalue weighted by Gasteiger charge is -2.30. The van der Waals surface area contributed by atoms with E-state index in [4.69, 9.17) is 9.72 Å². The van der Waals surface area contributed by atoms with Crippen molar-refractivity contribution in [2.45, 2.75) is 62.8 Å². The Labute approximate surface area is 218 Å². The van der Waals surface area contributed by atoms with Gasteiger partial charge in [0, 0.05) is 23.5 Å². The molecule has 8 heteroatoms. The molecule has 4 aromatic rings. The Morgan fingerprint density at radius 2 is 1.86 bits per heavy atom. The predicted molar refractivity (Wildman–Crippen MR) is 147 cm³/mol. The van der Waals surface area contributed by atoms with Crippen molar-refractivity contribution in [3.63, 3.8) is 0 Å². The van der Waals surface area contributed by atoms with Gasteiger partial charge in [-0.25, -0.2) is 4.98 Å². The second-order valence-electron chi connectivity index (χ2n) is 9.61. The first-order valence-corrected chi connectivity index (χ1v) is 13.8. The third-order valence-corrected chi connectivity index (χ3v) is 8.50. The van der Waals surface area contributed by atoms with Crippen LogP contribution in [0.2, 0.25) is 0 Å². The van der Waals surface area contributed by atoms with Crippen LogP contribution in [0.4, 0.5) is 5.69 Å². The Morgan fingerprint density at radius 3 is 2.58 bits per heavy atom. The van der Waals surface area contributed by atoms with Gasteiger partial charge in [0.2, 0.25) is 5.91 Å². The third kappa shape index (κ3) is 5.26. The van der Waals surface area contributed by atoms with Gasteiger partial charge in [0.25, 0.3) is 5.56 Å². The van der Waals surface area contributed by atoms with E-state index in [9.17, 15) is 9.59 Å². The number of anilines is 1. The maximum Gasteiger partial charge on any atom is 0.263 e. The molecule has 1 aliphatic heterocycles. The summed E-state index contributed by atoms with van der Waals surface area (Å²) in [6, 6.07) is 19.5. The smallest absolute Gasteiger partial charge is 0.263 e. The molecule has 5 rings (SSSR count). The highest BCUT2D eigenvalue weighted by Crippen LogP contribution is 2.38. The van der Waals surface area contributed by atoms with Crippen molar-refractivity contribution in [3.05, 3.63) is 87.0 Å². The zero-order chi connectivity index (χ0) is 25.3. The first-order chi connectivity index (χ1) is 17.3. The highest BCUT2D eigenvalue weighted by Gasteiger charge is 2.31. The molecular formula is C28H29N3O3S2. The number of aromatic nitrogens is 2. The van der Waals surface area contributed by atoms with Crippen LogP contribution >= 0.6 is 23.1 Å². The minimum Gasteiger partial charge on any atom is -0.370 e. The molecule has 0 bridgehead atoms. The van der Waals surface area contributed by atoms with E-state index in [0.717, 1.165) is 26.5 Å². The Kier molecular flexibility index (Phi) is 7.01. The molecule has 1 N–H and O–H groups in total. The fourth-order valence-corrected chi connectivity index (χ4v) is 6.44. The van der Waals surface area contributed by atoms with Crippen LogP contribution in [0.15, 0.2) is 70.6 Å². The number of nitrogens with one attached hydrogen (secondary N) is 1. The lowest BCUT2D eigenvalue weighted by atomic mass is 9.94. The van der Waals surface area contributed by atoms with Gasteiger partial charge < -0.3 is 10.1 Å². The fraction of sp³-hybridized carbons (Fsp3) is 0.321. The molecule has 1 aliphatic rings. The number of aryl methyl sites for hydroxylation is 1. The summed E-state index contributed by atoms with van der Waals surface area (Å²) in [6.07, 6.45) is 1.38. The molecule has 6 nitrogen and oxygen atoms in total. The topological polar surface area (TPSA) is 73.2 Å². The number of rotatable bonds is 7. The summed E-state index contributed by atoms with van der Waals surface area (Å²) in [5.41, 5.74) is 2.60. The molecule has 186 valence electrons. The zero-order valence-corrected chi connectivity index (χ0v) is 22.2. The molecule has 0 radical (unpaired) electrons. The van der Waals surface area contributed by atoms with Crippen LogP contribution in [0.5, 0.6) is 0 Å². The molecule has 3 heterocycles. The van der Waals surface area contributed by atoms with Crippen molar-refractivity contribution in [2.75, 3.05) is 5.32 Å². The van der Waals surface area contributed by atoms with Crippen molar-refractivity contribution >= 4 is 44.9 Å². The number of para-hydroxylation sites is 1. The van der Waals surface area contributed by atoms with Gasteiger partial charge in [-0.15, -0.1) is 11.3 Å². The summed E-state index contributed by atoms with van der Waals surface area (Å²) in [6.45, 7) is 6.93. The van der Waals surface area contributed by atoms with Gasteiger partial charge in [-0.2, -0.15) is 0 Å². The summed E-state index contributed by atoms with van der Waals surface area (Å²) >= 11 is 2.85. The minimum atomic E-state index is -0.436. The maximum atomic E-state index is 13.9. The summed E-state index contributed by atoms with van der Waals surface area (Å²) in [4.78, 5) is 33.6. The molecule has 1 amide bonds. The van der Waals surface area contributed by atoms with Crippen molar-refractivity contribution in [1.29, 1.82) is 0 Å². The number of hydrogen-bond acceptors (Lipinski definition) is 6. The van der Waals surface area contributed by atoms with Crippen LogP contribution in [0.3, 0.4) is 0 Å². The number of thioether (sulfide) groups is 1. The summed E-state index contributed by atoms with van der Waals surface area (Å²) in [7, 11) is 0. The Hall–Kier alpha value is -2.94. The lowest BCUT2D eigenvalue weighted by Crippen LogP contribution is -2.32. The van der Waals surface area contributed by atoms with Gasteiger partial charge in [0.15, 0.2) is 5.16 Å². The molecule has 2 aromatic carbocycles. The molecule has 1 atom stereocenters. The normalized spacial score (nSPS) is 15.4. The van der Waals surface area contributed by atoms with E-state index in [2.05, 4.69) is 31.3 Å². The van der Waals surface area contributed by atoms with Crippen molar-refractivity contribution < 1.29 is 9.53 Å². The number of amides is 1. The largest absolute Gasteiger partial charge is 0.370 e. The lowest BCUT2D eigenvalue weighted by molar-refractivity contribution is -0.115. The van der Waals surface area contributed by atoms with Crippen LogP contribution in [-0.4, -0.2) is 26.3 Å². The molecule has 0 unspecified atom stereocenters. The second kappa shape index (κ2) is 10.2. The van der Waals surface area contributed by atoms with Gasteiger partial charge in [0.05, 0.1) is 22.8 Å². The Morgan fingerprint density at radius 1 is 1.17 bits per heavy atom. The average molecular weight is 520 g/mol. The number of hydrogen-bond donors (Lipinski definition) is 1. The molecule has 0 aliphatic carbocycles. The van der Waals surface area contributed by atoms with Crippen molar-refractivity contribution in [1.82, 2.24) is 9.55 Å².